The number of thiophene rings is 1. The number of hydrogen-bond donors (Lipinski definition) is 1. The van der Waals surface area contributed by atoms with E-state index in [4.69, 9.17) is 5.73 Å². The Morgan fingerprint density at radius 3 is 2.43 bits per heavy atom. The highest BCUT2D eigenvalue weighted by Crippen LogP contribution is 2.39. The summed E-state index contributed by atoms with van der Waals surface area (Å²) in [6, 6.07) is 7.10. The van der Waals surface area contributed by atoms with Gasteiger partial charge in [0.1, 0.15) is 5.01 Å². The summed E-state index contributed by atoms with van der Waals surface area (Å²) in [6.07, 6.45) is -4.32. The van der Waals surface area contributed by atoms with Crippen molar-refractivity contribution in [1.82, 2.24) is 4.98 Å². The molecule has 0 aliphatic carbocycles. The number of benzene rings is 1. The predicted molar refractivity (Wildman–Crippen MR) is 88.5 cm³/mol. The molecule has 3 aromatic rings. The summed E-state index contributed by atoms with van der Waals surface area (Å²) in [5.41, 5.74) is 7.69. The van der Waals surface area contributed by atoms with Gasteiger partial charge in [-0.1, -0.05) is 12.1 Å². The Labute approximate surface area is 139 Å². The van der Waals surface area contributed by atoms with E-state index in [1.54, 1.807) is 11.3 Å². The molecule has 23 heavy (non-hydrogen) atoms. The van der Waals surface area contributed by atoms with Crippen LogP contribution in [0.15, 0.2) is 35.7 Å². The first-order chi connectivity index (χ1) is 10.9. The summed E-state index contributed by atoms with van der Waals surface area (Å²) in [6.45, 7) is 2.36. The van der Waals surface area contributed by atoms with Crippen LogP contribution in [0.2, 0.25) is 0 Å². The van der Waals surface area contributed by atoms with Gasteiger partial charge in [-0.15, -0.1) is 22.7 Å². The van der Waals surface area contributed by atoms with Gasteiger partial charge in [-0.25, -0.2) is 4.98 Å². The van der Waals surface area contributed by atoms with Crippen LogP contribution >= 0.6 is 22.7 Å². The zero-order valence-corrected chi connectivity index (χ0v) is 13.8. The lowest BCUT2D eigenvalue weighted by atomic mass is 10.1. The molecule has 3 rings (SSSR count). The van der Waals surface area contributed by atoms with Crippen molar-refractivity contribution < 1.29 is 13.2 Å². The second kappa shape index (κ2) is 6.07. The molecule has 7 heteroatoms. The van der Waals surface area contributed by atoms with Gasteiger partial charge in [0, 0.05) is 22.5 Å². The number of hydrogen-bond acceptors (Lipinski definition) is 4. The van der Waals surface area contributed by atoms with Crippen molar-refractivity contribution in [2.45, 2.75) is 19.6 Å². The van der Waals surface area contributed by atoms with Crippen molar-refractivity contribution in [1.29, 1.82) is 0 Å². The van der Waals surface area contributed by atoms with E-state index in [1.165, 1.54) is 23.5 Å². The molecule has 2 N–H and O–H groups in total. The Hall–Kier alpha value is -1.70. The summed E-state index contributed by atoms with van der Waals surface area (Å²) in [5.74, 6) is 0. The largest absolute Gasteiger partial charge is 0.416 e. The predicted octanol–water partition coefficient (Wildman–Crippen LogP) is 5.32. The average molecular weight is 354 g/mol. The van der Waals surface area contributed by atoms with Crippen LogP contribution in [0.5, 0.6) is 0 Å². The van der Waals surface area contributed by atoms with E-state index in [1.807, 2.05) is 18.4 Å². The SMILES string of the molecule is Cc1nc(-c2ccc(C(F)(F)F)cc2)sc1-c1ccsc1CN. The smallest absolute Gasteiger partial charge is 0.326 e. The Morgan fingerprint density at radius 2 is 1.83 bits per heavy atom. The summed E-state index contributed by atoms with van der Waals surface area (Å²) >= 11 is 3.06. The highest BCUT2D eigenvalue weighted by molar-refractivity contribution is 7.19. The molecule has 2 nitrogen and oxygen atoms in total. The molecule has 0 saturated heterocycles. The quantitative estimate of drug-likeness (QED) is 0.691. The number of nitrogens with zero attached hydrogens (tertiary/aromatic N) is 1. The lowest BCUT2D eigenvalue weighted by Gasteiger charge is -2.06. The Kier molecular flexibility index (Phi) is 4.27. The van der Waals surface area contributed by atoms with Crippen LogP contribution in [0.1, 0.15) is 16.1 Å². The first-order valence-electron chi connectivity index (χ1n) is 6.82. The highest BCUT2D eigenvalue weighted by Gasteiger charge is 2.30. The third kappa shape index (κ3) is 3.17. The van der Waals surface area contributed by atoms with Crippen molar-refractivity contribution in [2.75, 3.05) is 0 Å². The van der Waals surface area contributed by atoms with E-state index in [9.17, 15) is 13.2 Å². The number of thiazole rings is 1. The van der Waals surface area contributed by atoms with Gasteiger partial charge in [-0.3, -0.25) is 0 Å². The fraction of sp³-hybridized carbons (Fsp3) is 0.188. The van der Waals surface area contributed by atoms with Crippen LogP contribution in [0, 0.1) is 6.92 Å². The van der Waals surface area contributed by atoms with E-state index in [0.29, 0.717) is 17.1 Å². The minimum absolute atomic E-state index is 0.458. The Morgan fingerprint density at radius 1 is 1.13 bits per heavy atom. The molecule has 120 valence electrons. The van der Waals surface area contributed by atoms with E-state index in [0.717, 1.165) is 33.1 Å². The van der Waals surface area contributed by atoms with E-state index >= 15 is 0 Å². The number of nitrogens with two attached hydrogens (primary N) is 1. The van der Waals surface area contributed by atoms with Gasteiger partial charge < -0.3 is 5.73 Å². The van der Waals surface area contributed by atoms with Crippen LogP contribution in [-0.2, 0) is 12.7 Å². The number of rotatable bonds is 3. The summed E-state index contributed by atoms with van der Waals surface area (Å²) < 4.78 is 37.9. The summed E-state index contributed by atoms with van der Waals surface area (Å²) in [7, 11) is 0. The van der Waals surface area contributed by atoms with Crippen LogP contribution in [-0.4, -0.2) is 4.98 Å². The number of aromatic nitrogens is 1. The highest BCUT2D eigenvalue weighted by atomic mass is 32.1. The second-order valence-electron chi connectivity index (χ2n) is 4.97. The fourth-order valence-electron chi connectivity index (χ4n) is 2.27. The van der Waals surface area contributed by atoms with E-state index in [2.05, 4.69) is 4.98 Å². The zero-order valence-electron chi connectivity index (χ0n) is 12.1. The van der Waals surface area contributed by atoms with E-state index < -0.39 is 11.7 Å². The molecule has 0 radical (unpaired) electrons. The van der Waals surface area contributed by atoms with Crippen molar-refractivity contribution in [2.24, 2.45) is 5.73 Å². The number of halogens is 3. The van der Waals surface area contributed by atoms with Gasteiger partial charge in [0.05, 0.1) is 16.1 Å². The van der Waals surface area contributed by atoms with Gasteiger partial charge in [0.2, 0.25) is 0 Å². The minimum Gasteiger partial charge on any atom is -0.326 e. The summed E-state index contributed by atoms with van der Waals surface area (Å²) in [4.78, 5) is 6.60. The molecule has 0 aliphatic heterocycles. The molecule has 0 spiro atoms. The molecule has 0 bridgehead atoms. The second-order valence-corrected chi connectivity index (χ2v) is 6.97. The van der Waals surface area contributed by atoms with E-state index in [-0.39, 0.29) is 0 Å². The first-order valence-corrected chi connectivity index (χ1v) is 8.51. The lowest BCUT2D eigenvalue weighted by Crippen LogP contribution is -2.03. The van der Waals surface area contributed by atoms with Crippen molar-refractivity contribution in [3.8, 4) is 21.0 Å². The molecule has 2 heterocycles. The molecule has 0 atom stereocenters. The maximum Gasteiger partial charge on any atom is 0.416 e. The Bertz CT molecular complexity index is 817. The standard InChI is InChI=1S/C16H13F3N2S2/c1-9-14(12-6-7-22-13(12)8-20)23-15(21-9)10-2-4-11(5-3-10)16(17,18)19/h2-7H,8,20H2,1H3. The van der Waals surface area contributed by atoms with Crippen LogP contribution in [0.3, 0.4) is 0 Å². The zero-order chi connectivity index (χ0) is 16.6. The lowest BCUT2D eigenvalue weighted by molar-refractivity contribution is -0.137. The minimum atomic E-state index is -4.32. The number of alkyl halides is 3. The van der Waals surface area contributed by atoms with Crippen molar-refractivity contribution in [3.63, 3.8) is 0 Å². The van der Waals surface area contributed by atoms with Gasteiger partial charge in [-0.2, -0.15) is 13.2 Å². The molecular weight excluding hydrogens is 341 g/mol. The van der Waals surface area contributed by atoms with Crippen LogP contribution in [0.25, 0.3) is 21.0 Å². The average Bonchev–Trinajstić information content (AvgIpc) is 3.12. The molecule has 0 fully saturated rings. The first kappa shape index (κ1) is 16.2. The van der Waals surface area contributed by atoms with Gasteiger partial charge in [0.25, 0.3) is 0 Å². The maximum atomic E-state index is 12.6. The number of aryl methyl sites for hydroxylation is 1. The third-order valence-corrected chi connectivity index (χ3v) is 5.61. The normalized spacial score (nSPS) is 11.9. The summed E-state index contributed by atoms with van der Waals surface area (Å²) in [5, 5.41) is 2.69. The molecular formula is C16H13F3N2S2. The molecule has 1 aromatic carbocycles. The van der Waals surface area contributed by atoms with Crippen LogP contribution in [0.4, 0.5) is 13.2 Å². The van der Waals surface area contributed by atoms with Crippen LogP contribution < -0.4 is 5.73 Å². The molecule has 0 saturated carbocycles. The van der Waals surface area contributed by atoms with Gasteiger partial charge >= 0.3 is 6.18 Å². The molecule has 0 amide bonds. The van der Waals surface area contributed by atoms with Crippen molar-refractivity contribution in [3.05, 3.63) is 51.8 Å². The molecule has 2 aromatic heterocycles. The molecule has 0 aliphatic rings. The van der Waals surface area contributed by atoms with Gasteiger partial charge in [0.15, 0.2) is 0 Å². The molecule has 0 unspecified atom stereocenters. The Balaban J connectivity index is 1.98. The fourth-order valence-corrected chi connectivity index (χ4v) is 4.22. The topological polar surface area (TPSA) is 38.9 Å². The van der Waals surface area contributed by atoms with Crippen molar-refractivity contribution >= 4 is 22.7 Å². The maximum absolute atomic E-state index is 12.6. The monoisotopic (exact) mass is 354 g/mol. The third-order valence-electron chi connectivity index (χ3n) is 3.43. The van der Waals surface area contributed by atoms with Gasteiger partial charge in [-0.05, 0) is 30.5 Å².